The van der Waals surface area contributed by atoms with Crippen LogP contribution in [0.1, 0.15) is 54.2 Å². The maximum atomic E-state index is 12.7. The molecule has 0 fully saturated rings. The lowest BCUT2D eigenvalue weighted by Gasteiger charge is -2.12. The summed E-state index contributed by atoms with van der Waals surface area (Å²) in [6.07, 6.45) is 0.354. The Kier molecular flexibility index (Phi) is 6.34. The molecule has 0 saturated heterocycles. The van der Waals surface area contributed by atoms with Gasteiger partial charge in [-0.25, -0.2) is 14.8 Å². The highest BCUT2D eigenvalue weighted by Gasteiger charge is 2.28. The van der Waals surface area contributed by atoms with Crippen LogP contribution in [0.15, 0.2) is 30.3 Å². The zero-order valence-electron chi connectivity index (χ0n) is 17.9. The van der Waals surface area contributed by atoms with Crippen molar-refractivity contribution in [3.8, 4) is 5.75 Å². The van der Waals surface area contributed by atoms with Crippen LogP contribution < -0.4 is 10.1 Å². The van der Waals surface area contributed by atoms with Crippen molar-refractivity contribution >= 4 is 28.9 Å². The van der Waals surface area contributed by atoms with Gasteiger partial charge in [-0.3, -0.25) is 4.79 Å². The smallest absolute Gasteiger partial charge is 0.358 e. The number of nitrogens with zero attached hydrogens (tertiary/aromatic N) is 3. The Labute approximate surface area is 175 Å². The average Bonchev–Trinajstić information content (AvgIpc) is 2.98. The van der Waals surface area contributed by atoms with Crippen LogP contribution in [-0.2, 0) is 18.2 Å². The third kappa shape index (κ3) is 4.12. The van der Waals surface area contributed by atoms with Gasteiger partial charge in [0, 0.05) is 12.6 Å². The van der Waals surface area contributed by atoms with Gasteiger partial charge in [0.25, 0.3) is 5.91 Å². The van der Waals surface area contributed by atoms with E-state index in [0.717, 1.165) is 0 Å². The van der Waals surface area contributed by atoms with Crippen LogP contribution in [0.25, 0.3) is 11.2 Å². The summed E-state index contributed by atoms with van der Waals surface area (Å²) in [6, 6.07) is 8.88. The SMILES string of the molecule is CCOC(=O)c1c(OC(C)C)c2nc(NC(=O)c3ccccc3)c(CC)nc2n1C. The zero-order chi connectivity index (χ0) is 21.8. The van der Waals surface area contributed by atoms with Gasteiger partial charge in [0.1, 0.15) is 0 Å². The number of hydrogen-bond donors (Lipinski definition) is 1. The van der Waals surface area contributed by atoms with Gasteiger partial charge >= 0.3 is 5.97 Å². The highest BCUT2D eigenvalue weighted by atomic mass is 16.5. The number of fused-ring (bicyclic) bond motifs is 1. The van der Waals surface area contributed by atoms with Crippen LogP contribution in [0.5, 0.6) is 5.75 Å². The molecule has 158 valence electrons. The van der Waals surface area contributed by atoms with Gasteiger partial charge in [0.15, 0.2) is 28.4 Å². The molecular formula is C22H26N4O4. The largest absolute Gasteiger partial charge is 0.486 e. The van der Waals surface area contributed by atoms with Crippen LogP contribution in [0.3, 0.4) is 0 Å². The van der Waals surface area contributed by atoms with E-state index in [1.165, 1.54) is 0 Å². The second-order valence-corrected chi connectivity index (χ2v) is 6.99. The topological polar surface area (TPSA) is 95.3 Å². The lowest BCUT2D eigenvalue weighted by atomic mass is 10.2. The van der Waals surface area contributed by atoms with E-state index >= 15 is 0 Å². The molecule has 0 aliphatic heterocycles. The van der Waals surface area contributed by atoms with Gasteiger partial charge in [-0.15, -0.1) is 0 Å². The summed E-state index contributed by atoms with van der Waals surface area (Å²) in [7, 11) is 1.72. The van der Waals surface area contributed by atoms with Crippen molar-refractivity contribution in [1.29, 1.82) is 0 Å². The molecule has 8 heteroatoms. The van der Waals surface area contributed by atoms with Crippen molar-refractivity contribution in [3.05, 3.63) is 47.3 Å². The number of carbonyl (C=O) groups excluding carboxylic acids is 2. The molecule has 0 aliphatic carbocycles. The van der Waals surface area contributed by atoms with Crippen LogP contribution in [0, 0.1) is 0 Å². The first kappa shape index (κ1) is 21.3. The minimum absolute atomic E-state index is 0.196. The minimum atomic E-state index is -0.511. The average molecular weight is 410 g/mol. The van der Waals surface area contributed by atoms with Crippen molar-refractivity contribution in [2.75, 3.05) is 11.9 Å². The van der Waals surface area contributed by atoms with E-state index in [4.69, 9.17) is 9.47 Å². The molecule has 3 aromatic rings. The van der Waals surface area contributed by atoms with Crippen molar-refractivity contribution in [2.45, 2.75) is 40.2 Å². The number of aromatic nitrogens is 3. The fraction of sp³-hybridized carbons (Fsp3) is 0.364. The highest BCUT2D eigenvalue weighted by Crippen LogP contribution is 2.33. The Balaban J connectivity index is 2.15. The molecule has 0 radical (unpaired) electrons. The molecule has 0 spiro atoms. The number of nitrogens with one attached hydrogen (secondary N) is 1. The van der Waals surface area contributed by atoms with E-state index in [0.29, 0.717) is 40.4 Å². The van der Waals surface area contributed by atoms with E-state index in [2.05, 4.69) is 15.3 Å². The molecule has 2 heterocycles. The summed E-state index contributed by atoms with van der Waals surface area (Å²) >= 11 is 0. The van der Waals surface area contributed by atoms with Crippen molar-refractivity contribution in [3.63, 3.8) is 0 Å². The summed E-state index contributed by atoms with van der Waals surface area (Å²) < 4.78 is 12.8. The van der Waals surface area contributed by atoms with Crippen LogP contribution in [0.2, 0.25) is 0 Å². The molecule has 0 atom stereocenters. The predicted molar refractivity (Wildman–Crippen MR) is 114 cm³/mol. The number of amides is 1. The Morgan fingerprint density at radius 3 is 2.43 bits per heavy atom. The molecule has 8 nitrogen and oxygen atoms in total. The molecule has 1 amide bonds. The zero-order valence-corrected chi connectivity index (χ0v) is 17.9. The first-order valence-corrected chi connectivity index (χ1v) is 9.96. The van der Waals surface area contributed by atoms with Crippen molar-refractivity contribution in [2.24, 2.45) is 7.05 Å². The molecule has 1 N–H and O–H groups in total. The van der Waals surface area contributed by atoms with E-state index < -0.39 is 5.97 Å². The summed E-state index contributed by atoms with van der Waals surface area (Å²) in [5.74, 6) is -0.157. The fourth-order valence-corrected chi connectivity index (χ4v) is 3.11. The molecule has 2 aromatic heterocycles. The maximum Gasteiger partial charge on any atom is 0.358 e. The second kappa shape index (κ2) is 8.94. The molecule has 1 aromatic carbocycles. The number of anilines is 1. The lowest BCUT2D eigenvalue weighted by Crippen LogP contribution is -2.15. The third-order valence-electron chi connectivity index (χ3n) is 4.46. The van der Waals surface area contributed by atoms with E-state index in [1.54, 1.807) is 42.8 Å². The minimum Gasteiger partial charge on any atom is -0.486 e. The first-order chi connectivity index (χ1) is 14.4. The normalized spacial score (nSPS) is 11.0. The number of ether oxygens (including phenoxy) is 2. The Bertz CT molecular complexity index is 1070. The number of rotatable bonds is 7. The summed E-state index contributed by atoms with van der Waals surface area (Å²) in [5, 5.41) is 2.84. The molecule has 0 unspecified atom stereocenters. The molecule has 0 saturated carbocycles. The highest BCUT2D eigenvalue weighted by molar-refractivity contribution is 6.05. The predicted octanol–water partition coefficient (Wildman–Crippen LogP) is 3.75. The molecule has 0 aliphatic rings. The van der Waals surface area contributed by atoms with Gasteiger partial charge < -0.3 is 19.4 Å². The summed E-state index contributed by atoms with van der Waals surface area (Å²) in [4.78, 5) is 34.6. The Hall–Kier alpha value is -3.42. The quantitative estimate of drug-likeness (QED) is 0.596. The van der Waals surface area contributed by atoms with Gasteiger partial charge in [0.2, 0.25) is 0 Å². The van der Waals surface area contributed by atoms with Crippen LogP contribution in [-0.4, -0.2) is 39.1 Å². The standard InChI is InChI=1S/C22H26N4O4/c1-6-15-19(25-21(27)14-11-9-8-10-12-14)24-16-18(30-13(3)4)17(22(28)29-7-2)26(5)20(16)23-15/h8-13H,6-7H2,1-5H3,(H,24,25,27). The van der Waals surface area contributed by atoms with Crippen LogP contribution in [0.4, 0.5) is 5.82 Å². The van der Waals surface area contributed by atoms with Gasteiger partial charge in [0.05, 0.1) is 18.4 Å². The lowest BCUT2D eigenvalue weighted by molar-refractivity contribution is 0.0509. The van der Waals surface area contributed by atoms with E-state index in [9.17, 15) is 9.59 Å². The first-order valence-electron chi connectivity index (χ1n) is 9.96. The van der Waals surface area contributed by atoms with E-state index in [1.807, 2.05) is 26.8 Å². The fourth-order valence-electron chi connectivity index (χ4n) is 3.11. The number of aryl methyl sites for hydroxylation is 2. The molecule has 3 rings (SSSR count). The molecule has 30 heavy (non-hydrogen) atoms. The monoisotopic (exact) mass is 410 g/mol. The Morgan fingerprint density at radius 2 is 1.83 bits per heavy atom. The van der Waals surface area contributed by atoms with Crippen LogP contribution >= 0.6 is 0 Å². The van der Waals surface area contributed by atoms with Crippen molar-refractivity contribution < 1.29 is 19.1 Å². The number of hydrogen-bond acceptors (Lipinski definition) is 6. The number of esters is 1. The van der Waals surface area contributed by atoms with Crippen molar-refractivity contribution in [1.82, 2.24) is 14.5 Å². The molecule has 0 bridgehead atoms. The van der Waals surface area contributed by atoms with E-state index in [-0.39, 0.29) is 24.3 Å². The number of carbonyl (C=O) groups is 2. The molecular weight excluding hydrogens is 384 g/mol. The van der Waals surface area contributed by atoms with Gasteiger partial charge in [-0.05, 0) is 39.3 Å². The van der Waals surface area contributed by atoms with Gasteiger partial charge in [-0.1, -0.05) is 25.1 Å². The number of benzene rings is 1. The Morgan fingerprint density at radius 1 is 1.13 bits per heavy atom. The second-order valence-electron chi connectivity index (χ2n) is 6.99. The summed E-state index contributed by atoms with van der Waals surface area (Å²) in [6.45, 7) is 7.63. The third-order valence-corrected chi connectivity index (χ3v) is 4.46. The summed E-state index contributed by atoms with van der Waals surface area (Å²) in [5.41, 5.74) is 2.26. The van der Waals surface area contributed by atoms with Gasteiger partial charge in [-0.2, -0.15) is 0 Å². The maximum absolute atomic E-state index is 12.7.